The second-order valence-electron chi connectivity index (χ2n) is 5.77. The van der Waals surface area contributed by atoms with Gasteiger partial charge in [-0.2, -0.15) is 5.26 Å². The van der Waals surface area contributed by atoms with Gasteiger partial charge in [-0.05, 0) is 42.5 Å². The van der Waals surface area contributed by atoms with E-state index >= 15 is 0 Å². The summed E-state index contributed by atoms with van der Waals surface area (Å²) in [5.74, 6) is 0.556. The van der Waals surface area contributed by atoms with Gasteiger partial charge >= 0.3 is 0 Å². The van der Waals surface area contributed by atoms with Crippen LogP contribution in [-0.2, 0) is 4.79 Å². The van der Waals surface area contributed by atoms with Crippen molar-refractivity contribution in [3.8, 4) is 11.8 Å². The summed E-state index contributed by atoms with van der Waals surface area (Å²) in [5, 5.41) is 9.49. The third kappa shape index (κ3) is 4.43. The van der Waals surface area contributed by atoms with Crippen molar-refractivity contribution in [2.75, 3.05) is 37.7 Å². The number of halogens is 1. The summed E-state index contributed by atoms with van der Waals surface area (Å²) in [6.07, 6.45) is 0. The van der Waals surface area contributed by atoms with Crippen molar-refractivity contribution in [1.29, 1.82) is 5.26 Å². The minimum Gasteiger partial charge on any atom is -0.484 e. The predicted molar refractivity (Wildman–Crippen MR) is 96.9 cm³/mol. The first-order valence-electron chi connectivity index (χ1n) is 8.07. The lowest BCUT2D eigenvalue weighted by Gasteiger charge is -2.36. The summed E-state index contributed by atoms with van der Waals surface area (Å²) in [5.41, 5.74) is 1.64. The molecule has 1 heterocycles. The van der Waals surface area contributed by atoms with Gasteiger partial charge in [0.1, 0.15) is 5.75 Å². The van der Waals surface area contributed by atoms with Gasteiger partial charge in [0, 0.05) is 36.9 Å². The molecular weight excluding hydrogens is 338 g/mol. The van der Waals surface area contributed by atoms with Crippen LogP contribution in [0.1, 0.15) is 5.56 Å². The van der Waals surface area contributed by atoms with Crippen LogP contribution in [0.15, 0.2) is 48.5 Å². The first kappa shape index (κ1) is 17.1. The summed E-state index contributed by atoms with van der Waals surface area (Å²) in [6, 6.07) is 16.5. The highest BCUT2D eigenvalue weighted by molar-refractivity contribution is 6.30. The topological polar surface area (TPSA) is 56.6 Å². The maximum absolute atomic E-state index is 12.3. The fourth-order valence-electron chi connectivity index (χ4n) is 2.75. The van der Waals surface area contributed by atoms with E-state index in [1.807, 2.05) is 35.2 Å². The molecule has 0 radical (unpaired) electrons. The number of carbonyl (C=O) groups is 1. The maximum atomic E-state index is 12.3. The Labute approximate surface area is 152 Å². The highest BCUT2D eigenvalue weighted by Gasteiger charge is 2.21. The van der Waals surface area contributed by atoms with Crippen LogP contribution in [-0.4, -0.2) is 43.6 Å². The Morgan fingerprint density at radius 2 is 1.84 bits per heavy atom. The standard InChI is InChI=1S/C19H18ClN3O2/c20-16-2-1-3-17(12-16)22-8-10-23(11-9-22)19(24)14-25-18-6-4-15(13-21)5-7-18/h1-7,12H,8-11,14H2. The Hall–Kier alpha value is -2.71. The quantitative estimate of drug-likeness (QED) is 0.846. The van der Waals surface area contributed by atoms with Crippen LogP contribution in [0.5, 0.6) is 5.75 Å². The van der Waals surface area contributed by atoms with Crippen molar-refractivity contribution in [2.24, 2.45) is 0 Å². The van der Waals surface area contributed by atoms with E-state index in [0.717, 1.165) is 18.8 Å². The molecule has 1 amide bonds. The van der Waals surface area contributed by atoms with Gasteiger partial charge in [0.15, 0.2) is 6.61 Å². The van der Waals surface area contributed by atoms with Gasteiger partial charge < -0.3 is 14.5 Å². The summed E-state index contributed by atoms with van der Waals surface area (Å²) in [7, 11) is 0. The van der Waals surface area contributed by atoms with Gasteiger partial charge in [0.05, 0.1) is 11.6 Å². The van der Waals surface area contributed by atoms with Crippen LogP contribution in [0, 0.1) is 11.3 Å². The van der Waals surface area contributed by atoms with Crippen LogP contribution < -0.4 is 9.64 Å². The van der Waals surface area contributed by atoms with Crippen LogP contribution in [0.3, 0.4) is 0 Å². The van der Waals surface area contributed by atoms with Crippen molar-refractivity contribution >= 4 is 23.2 Å². The van der Waals surface area contributed by atoms with Crippen LogP contribution in [0.2, 0.25) is 5.02 Å². The fraction of sp³-hybridized carbons (Fsp3) is 0.263. The molecule has 0 spiro atoms. The van der Waals surface area contributed by atoms with Gasteiger partial charge in [-0.3, -0.25) is 4.79 Å². The van der Waals surface area contributed by atoms with Gasteiger partial charge in [0.2, 0.25) is 0 Å². The van der Waals surface area contributed by atoms with E-state index in [9.17, 15) is 4.79 Å². The summed E-state index contributed by atoms with van der Waals surface area (Å²) in [4.78, 5) is 16.3. The van der Waals surface area contributed by atoms with E-state index < -0.39 is 0 Å². The molecule has 2 aromatic carbocycles. The zero-order valence-electron chi connectivity index (χ0n) is 13.7. The number of piperazine rings is 1. The molecule has 5 nitrogen and oxygen atoms in total. The van der Waals surface area contributed by atoms with Gasteiger partial charge in [-0.15, -0.1) is 0 Å². The Morgan fingerprint density at radius 3 is 2.48 bits per heavy atom. The molecule has 1 aliphatic heterocycles. The minimum atomic E-state index is -0.0323. The number of rotatable bonds is 4. The Balaban J connectivity index is 1.49. The average molecular weight is 356 g/mol. The first-order valence-corrected chi connectivity index (χ1v) is 8.45. The van der Waals surface area contributed by atoms with E-state index in [4.69, 9.17) is 21.6 Å². The molecule has 0 aromatic heterocycles. The van der Waals surface area contributed by atoms with Crippen LogP contribution in [0.4, 0.5) is 5.69 Å². The van der Waals surface area contributed by atoms with Crippen molar-refractivity contribution < 1.29 is 9.53 Å². The van der Waals surface area contributed by atoms with E-state index in [-0.39, 0.29) is 12.5 Å². The van der Waals surface area contributed by atoms with E-state index in [1.54, 1.807) is 24.3 Å². The van der Waals surface area contributed by atoms with E-state index in [0.29, 0.717) is 29.4 Å². The molecule has 0 N–H and O–H groups in total. The number of amides is 1. The number of carbonyl (C=O) groups excluding carboxylic acids is 1. The number of anilines is 1. The van der Waals surface area contributed by atoms with Crippen molar-refractivity contribution in [1.82, 2.24) is 4.90 Å². The Kier molecular flexibility index (Phi) is 5.42. The third-order valence-electron chi connectivity index (χ3n) is 4.15. The number of nitriles is 1. The zero-order valence-corrected chi connectivity index (χ0v) is 14.4. The Morgan fingerprint density at radius 1 is 1.12 bits per heavy atom. The SMILES string of the molecule is N#Cc1ccc(OCC(=O)N2CCN(c3cccc(Cl)c3)CC2)cc1. The third-order valence-corrected chi connectivity index (χ3v) is 4.39. The lowest BCUT2D eigenvalue weighted by molar-refractivity contribution is -0.133. The second kappa shape index (κ2) is 7.91. The normalized spacial score (nSPS) is 14.1. The van der Waals surface area contributed by atoms with Gasteiger partial charge in [-0.25, -0.2) is 0 Å². The molecule has 1 saturated heterocycles. The molecule has 0 saturated carbocycles. The molecule has 0 bridgehead atoms. The number of hydrogen-bond acceptors (Lipinski definition) is 4. The van der Waals surface area contributed by atoms with E-state index in [1.165, 1.54) is 0 Å². The lowest BCUT2D eigenvalue weighted by atomic mass is 10.2. The molecule has 128 valence electrons. The maximum Gasteiger partial charge on any atom is 0.260 e. The van der Waals surface area contributed by atoms with Crippen LogP contribution >= 0.6 is 11.6 Å². The molecule has 0 atom stereocenters. The molecule has 1 aliphatic rings. The molecule has 6 heteroatoms. The smallest absolute Gasteiger partial charge is 0.260 e. The fourth-order valence-corrected chi connectivity index (χ4v) is 2.93. The average Bonchev–Trinajstić information content (AvgIpc) is 2.66. The molecule has 0 aliphatic carbocycles. The molecule has 25 heavy (non-hydrogen) atoms. The van der Waals surface area contributed by atoms with Crippen molar-refractivity contribution in [3.63, 3.8) is 0 Å². The number of hydrogen-bond donors (Lipinski definition) is 0. The van der Waals surface area contributed by atoms with Crippen molar-refractivity contribution in [2.45, 2.75) is 0 Å². The highest BCUT2D eigenvalue weighted by Crippen LogP contribution is 2.21. The first-order chi connectivity index (χ1) is 12.2. The van der Waals surface area contributed by atoms with Gasteiger partial charge in [0.25, 0.3) is 5.91 Å². The molecule has 1 fully saturated rings. The van der Waals surface area contributed by atoms with Gasteiger partial charge in [-0.1, -0.05) is 17.7 Å². The number of nitrogens with zero attached hydrogens (tertiary/aromatic N) is 3. The Bertz CT molecular complexity index is 778. The highest BCUT2D eigenvalue weighted by atomic mass is 35.5. The molecular formula is C19H18ClN3O2. The van der Waals surface area contributed by atoms with Crippen molar-refractivity contribution in [3.05, 3.63) is 59.1 Å². The number of ether oxygens (including phenoxy) is 1. The van der Waals surface area contributed by atoms with E-state index in [2.05, 4.69) is 4.90 Å². The van der Waals surface area contributed by atoms with Crippen LogP contribution in [0.25, 0.3) is 0 Å². The second-order valence-corrected chi connectivity index (χ2v) is 6.21. The largest absolute Gasteiger partial charge is 0.484 e. The number of benzene rings is 2. The summed E-state index contributed by atoms with van der Waals surface area (Å²) in [6.45, 7) is 2.85. The minimum absolute atomic E-state index is 0.00304. The monoisotopic (exact) mass is 355 g/mol. The zero-order chi connectivity index (χ0) is 17.6. The summed E-state index contributed by atoms with van der Waals surface area (Å²) >= 11 is 6.04. The predicted octanol–water partition coefficient (Wildman–Crippen LogP) is 2.94. The molecule has 0 unspecified atom stereocenters. The lowest BCUT2D eigenvalue weighted by Crippen LogP contribution is -2.50. The summed E-state index contributed by atoms with van der Waals surface area (Å²) < 4.78 is 5.52. The molecule has 3 rings (SSSR count). The molecule has 2 aromatic rings.